The van der Waals surface area contributed by atoms with E-state index < -0.39 is 0 Å². The van der Waals surface area contributed by atoms with Crippen molar-refractivity contribution in [1.29, 1.82) is 0 Å². The second-order valence-electron chi connectivity index (χ2n) is 6.52. The van der Waals surface area contributed by atoms with Gasteiger partial charge in [-0.15, -0.1) is 0 Å². The molecular formula is C22H18N+. The summed E-state index contributed by atoms with van der Waals surface area (Å²) in [6, 6.07) is 24.4. The lowest BCUT2D eigenvalue weighted by Crippen LogP contribution is -2.23. The third-order valence-corrected chi connectivity index (χ3v) is 5.33. The van der Waals surface area contributed by atoms with Gasteiger partial charge in [0, 0.05) is 11.6 Å². The Balaban J connectivity index is 1.97. The minimum absolute atomic E-state index is 0.348. The third kappa shape index (κ3) is 1.54. The summed E-state index contributed by atoms with van der Waals surface area (Å²) in [5.41, 5.74) is 11.1. The average molecular weight is 296 g/mol. The maximum atomic E-state index is 2.39. The van der Waals surface area contributed by atoms with Gasteiger partial charge in [0.1, 0.15) is 13.0 Å². The molecule has 5 rings (SSSR count). The zero-order chi connectivity index (χ0) is 15.6. The molecule has 1 aliphatic carbocycles. The van der Waals surface area contributed by atoms with Crippen LogP contribution in [-0.2, 0) is 0 Å². The number of aryl methyl sites for hydroxylation is 1. The number of para-hydroxylation sites is 1. The largest absolute Gasteiger partial charge is 0.209 e. The van der Waals surface area contributed by atoms with Crippen molar-refractivity contribution < 1.29 is 4.58 Å². The molecule has 0 saturated carbocycles. The lowest BCUT2D eigenvalue weighted by molar-refractivity contribution is -0.401. The first kappa shape index (κ1) is 12.8. The van der Waals surface area contributed by atoms with Crippen LogP contribution in [0, 0.1) is 6.92 Å². The van der Waals surface area contributed by atoms with E-state index >= 15 is 0 Å². The van der Waals surface area contributed by atoms with Gasteiger partial charge >= 0.3 is 0 Å². The van der Waals surface area contributed by atoms with Gasteiger partial charge in [-0.2, -0.15) is 4.58 Å². The lowest BCUT2D eigenvalue weighted by atomic mass is 9.74. The molecule has 110 valence electrons. The second kappa shape index (κ2) is 4.42. The van der Waals surface area contributed by atoms with Gasteiger partial charge in [0.15, 0.2) is 0 Å². The molecule has 0 bridgehead atoms. The van der Waals surface area contributed by atoms with E-state index in [9.17, 15) is 0 Å². The molecule has 1 atom stereocenters. The number of rotatable bonds is 0. The van der Waals surface area contributed by atoms with Gasteiger partial charge in [0.25, 0.3) is 0 Å². The van der Waals surface area contributed by atoms with Crippen LogP contribution in [0.2, 0.25) is 0 Å². The van der Waals surface area contributed by atoms with Crippen LogP contribution in [0.3, 0.4) is 0 Å². The molecule has 1 nitrogen and oxygen atoms in total. The molecule has 0 amide bonds. The molecule has 3 aromatic carbocycles. The Labute approximate surface area is 136 Å². The van der Waals surface area contributed by atoms with E-state index in [0.717, 1.165) is 0 Å². The van der Waals surface area contributed by atoms with Gasteiger partial charge in [-0.1, -0.05) is 60.7 Å². The molecule has 23 heavy (non-hydrogen) atoms. The predicted molar refractivity (Wildman–Crippen MR) is 94.9 cm³/mol. The Kier molecular flexibility index (Phi) is 2.47. The maximum absolute atomic E-state index is 2.39. The van der Waals surface area contributed by atoms with Crippen LogP contribution >= 0.6 is 0 Å². The number of fused-ring (bicyclic) bond motifs is 8. The van der Waals surface area contributed by atoms with Crippen molar-refractivity contribution in [3.05, 3.63) is 89.0 Å². The van der Waals surface area contributed by atoms with E-state index in [-0.39, 0.29) is 0 Å². The van der Waals surface area contributed by atoms with E-state index in [1.54, 1.807) is 0 Å². The molecule has 1 heteroatoms. The minimum Gasteiger partial charge on any atom is -0.197 e. The number of benzene rings is 3. The van der Waals surface area contributed by atoms with Crippen molar-refractivity contribution in [2.75, 3.05) is 7.05 Å². The summed E-state index contributed by atoms with van der Waals surface area (Å²) in [6.07, 6.45) is 0. The van der Waals surface area contributed by atoms with Crippen molar-refractivity contribution in [1.82, 2.24) is 0 Å². The van der Waals surface area contributed by atoms with Crippen LogP contribution in [0.15, 0.2) is 66.7 Å². The molecule has 0 saturated heterocycles. The summed E-state index contributed by atoms with van der Waals surface area (Å²) in [7, 11) is 2.21. The molecule has 1 heterocycles. The monoisotopic (exact) mass is 296 g/mol. The fraction of sp³-hybridized carbons (Fsp3) is 0.136. The molecule has 3 aromatic rings. The topological polar surface area (TPSA) is 3.01 Å². The van der Waals surface area contributed by atoms with Crippen LogP contribution in [0.5, 0.6) is 0 Å². The highest BCUT2D eigenvalue weighted by Crippen LogP contribution is 2.49. The Morgan fingerprint density at radius 1 is 0.739 bits per heavy atom. The van der Waals surface area contributed by atoms with Crippen molar-refractivity contribution in [2.45, 2.75) is 12.8 Å². The first-order valence-electron chi connectivity index (χ1n) is 8.16. The summed E-state index contributed by atoms with van der Waals surface area (Å²) in [5.74, 6) is 0.348. The van der Waals surface area contributed by atoms with Crippen LogP contribution in [0.4, 0.5) is 5.69 Å². The minimum atomic E-state index is 0.348. The number of hydrogen-bond acceptors (Lipinski definition) is 0. The highest BCUT2D eigenvalue weighted by Gasteiger charge is 2.44. The van der Waals surface area contributed by atoms with Crippen molar-refractivity contribution in [3.8, 4) is 11.1 Å². The quantitative estimate of drug-likeness (QED) is 0.520. The predicted octanol–water partition coefficient (Wildman–Crippen LogP) is 4.88. The van der Waals surface area contributed by atoms with Crippen molar-refractivity contribution >= 4 is 11.4 Å². The highest BCUT2D eigenvalue weighted by atomic mass is 15.0. The standard InChI is InChI=1S/C22H18N/c1-14-8-7-12-16-15-9-3-4-10-17(15)21-18-11-5-6-13-19(18)23(2)22(21)20(14)16/h3-13,21H,1-2H3/q+1. The first-order chi connectivity index (χ1) is 11.3. The Bertz CT molecular complexity index is 994. The second-order valence-corrected chi connectivity index (χ2v) is 6.52. The van der Waals surface area contributed by atoms with Crippen LogP contribution in [-0.4, -0.2) is 17.3 Å². The molecule has 0 spiro atoms. The maximum Gasteiger partial charge on any atom is 0.209 e. The molecule has 1 aliphatic heterocycles. The lowest BCUT2D eigenvalue weighted by Gasteiger charge is -2.25. The van der Waals surface area contributed by atoms with E-state index in [4.69, 9.17) is 0 Å². The van der Waals surface area contributed by atoms with Gasteiger partial charge < -0.3 is 0 Å². The summed E-state index contributed by atoms with van der Waals surface area (Å²) in [6.45, 7) is 2.23. The SMILES string of the molecule is Cc1cccc2c1C1=[N+](C)c3ccccc3C1c1ccccc1-2. The summed E-state index contributed by atoms with van der Waals surface area (Å²) >= 11 is 0. The molecule has 1 unspecified atom stereocenters. The zero-order valence-electron chi connectivity index (χ0n) is 13.4. The Hall–Kier alpha value is -2.67. The fourth-order valence-corrected chi connectivity index (χ4v) is 4.36. The molecule has 0 N–H and O–H groups in total. The smallest absolute Gasteiger partial charge is 0.197 e. The molecule has 0 fully saturated rings. The Morgan fingerprint density at radius 3 is 2.30 bits per heavy atom. The normalized spacial score (nSPS) is 17.4. The van der Waals surface area contributed by atoms with Crippen molar-refractivity contribution in [2.24, 2.45) is 0 Å². The zero-order valence-corrected chi connectivity index (χ0v) is 13.4. The van der Waals surface area contributed by atoms with Gasteiger partial charge in [0.05, 0.1) is 5.56 Å². The van der Waals surface area contributed by atoms with E-state index in [1.165, 1.54) is 44.8 Å². The van der Waals surface area contributed by atoms with Crippen LogP contribution < -0.4 is 0 Å². The molecule has 2 aliphatic rings. The van der Waals surface area contributed by atoms with E-state index in [0.29, 0.717) is 5.92 Å². The van der Waals surface area contributed by atoms with Crippen molar-refractivity contribution in [3.63, 3.8) is 0 Å². The fourth-order valence-electron chi connectivity index (χ4n) is 4.36. The average Bonchev–Trinajstić information content (AvgIpc) is 2.89. The van der Waals surface area contributed by atoms with E-state index in [1.807, 2.05) is 0 Å². The summed E-state index contributed by atoms with van der Waals surface area (Å²) in [5, 5.41) is 0. The van der Waals surface area contributed by atoms with Gasteiger partial charge in [-0.05, 0) is 29.2 Å². The van der Waals surface area contributed by atoms with Gasteiger partial charge in [-0.25, -0.2) is 0 Å². The summed E-state index contributed by atoms with van der Waals surface area (Å²) in [4.78, 5) is 0. The number of nitrogens with zero attached hydrogens (tertiary/aromatic N) is 1. The van der Waals surface area contributed by atoms with Crippen LogP contribution in [0.25, 0.3) is 11.1 Å². The van der Waals surface area contributed by atoms with Gasteiger partial charge in [0.2, 0.25) is 11.4 Å². The molecule has 0 radical (unpaired) electrons. The third-order valence-electron chi connectivity index (χ3n) is 5.33. The Morgan fingerprint density at radius 2 is 1.43 bits per heavy atom. The van der Waals surface area contributed by atoms with Crippen LogP contribution in [0.1, 0.15) is 28.2 Å². The van der Waals surface area contributed by atoms with Gasteiger partial charge in [-0.3, -0.25) is 0 Å². The highest BCUT2D eigenvalue weighted by molar-refractivity contribution is 6.15. The summed E-state index contributed by atoms with van der Waals surface area (Å²) < 4.78 is 2.39. The van der Waals surface area contributed by atoms with E-state index in [2.05, 4.69) is 85.3 Å². The number of hydrogen-bond donors (Lipinski definition) is 0. The molecular weight excluding hydrogens is 278 g/mol. The first-order valence-corrected chi connectivity index (χ1v) is 8.16. The molecule has 0 aromatic heterocycles.